The Kier molecular flexibility index (Phi) is 6.98. The molecule has 6 nitrogen and oxygen atoms in total. The Morgan fingerprint density at radius 1 is 1.16 bits per heavy atom. The number of ether oxygens (including phenoxy) is 1. The van der Waals surface area contributed by atoms with Crippen molar-refractivity contribution in [2.24, 2.45) is 5.92 Å². The van der Waals surface area contributed by atoms with E-state index in [0.29, 0.717) is 31.1 Å². The SMILES string of the molecule is Cc1cc(-c2ccc(S(=O)(=O)N3CC[C@H](CNC(=O)OC(C)(C)C)C3)cc2)ccc1Cl. The molecular formula is C23H29ClN2O4S. The molecule has 1 atom stereocenters. The average molecular weight is 465 g/mol. The fraction of sp³-hybridized carbons (Fsp3) is 0.435. The number of hydrogen-bond acceptors (Lipinski definition) is 4. The lowest BCUT2D eigenvalue weighted by Crippen LogP contribution is -2.36. The molecule has 0 radical (unpaired) electrons. The molecule has 1 aliphatic heterocycles. The third-order valence-corrected chi connectivity index (χ3v) is 7.47. The molecule has 0 unspecified atom stereocenters. The lowest BCUT2D eigenvalue weighted by Gasteiger charge is -2.21. The van der Waals surface area contributed by atoms with Gasteiger partial charge in [0.15, 0.2) is 0 Å². The summed E-state index contributed by atoms with van der Waals surface area (Å²) < 4.78 is 32.8. The van der Waals surface area contributed by atoms with E-state index in [4.69, 9.17) is 16.3 Å². The molecule has 1 amide bonds. The minimum absolute atomic E-state index is 0.0543. The van der Waals surface area contributed by atoms with Crippen LogP contribution in [0.4, 0.5) is 4.79 Å². The predicted octanol–water partition coefficient (Wildman–Crippen LogP) is 4.85. The number of carbonyl (C=O) groups excluding carboxylic acids is 1. The summed E-state index contributed by atoms with van der Waals surface area (Å²) >= 11 is 6.09. The van der Waals surface area contributed by atoms with Crippen molar-refractivity contribution in [3.8, 4) is 11.1 Å². The van der Waals surface area contributed by atoms with Gasteiger partial charge in [-0.15, -0.1) is 0 Å². The number of sulfonamides is 1. The van der Waals surface area contributed by atoms with Crippen LogP contribution in [0.15, 0.2) is 47.4 Å². The zero-order chi connectivity index (χ0) is 22.8. The van der Waals surface area contributed by atoms with Gasteiger partial charge in [0.25, 0.3) is 0 Å². The molecule has 8 heteroatoms. The second-order valence-electron chi connectivity index (χ2n) is 8.89. The Morgan fingerprint density at radius 2 is 1.81 bits per heavy atom. The van der Waals surface area contributed by atoms with E-state index in [2.05, 4.69) is 5.32 Å². The lowest BCUT2D eigenvalue weighted by molar-refractivity contribution is 0.0520. The number of aryl methyl sites for hydroxylation is 1. The number of halogens is 1. The summed E-state index contributed by atoms with van der Waals surface area (Å²) in [5.41, 5.74) is 2.32. The van der Waals surface area contributed by atoms with Crippen LogP contribution in [0.2, 0.25) is 5.02 Å². The van der Waals surface area contributed by atoms with Gasteiger partial charge in [-0.1, -0.05) is 29.8 Å². The van der Waals surface area contributed by atoms with Crippen molar-refractivity contribution in [3.05, 3.63) is 53.1 Å². The van der Waals surface area contributed by atoms with Gasteiger partial charge in [0.2, 0.25) is 10.0 Å². The highest BCUT2D eigenvalue weighted by Crippen LogP contribution is 2.28. The number of hydrogen-bond donors (Lipinski definition) is 1. The van der Waals surface area contributed by atoms with Gasteiger partial charge in [-0.05, 0) is 81.0 Å². The predicted molar refractivity (Wildman–Crippen MR) is 123 cm³/mol. The first-order valence-electron chi connectivity index (χ1n) is 10.3. The van der Waals surface area contributed by atoms with Gasteiger partial charge in [-0.3, -0.25) is 0 Å². The van der Waals surface area contributed by atoms with Crippen LogP contribution >= 0.6 is 11.6 Å². The van der Waals surface area contributed by atoms with Gasteiger partial charge in [0.05, 0.1) is 4.90 Å². The molecule has 0 saturated carbocycles. The van der Waals surface area contributed by atoms with Crippen LogP contribution in [0.25, 0.3) is 11.1 Å². The molecule has 31 heavy (non-hydrogen) atoms. The highest BCUT2D eigenvalue weighted by Gasteiger charge is 2.33. The minimum Gasteiger partial charge on any atom is -0.444 e. The fourth-order valence-electron chi connectivity index (χ4n) is 3.52. The Hall–Kier alpha value is -2.09. The van der Waals surface area contributed by atoms with Crippen LogP contribution in [-0.2, 0) is 14.8 Å². The van der Waals surface area contributed by atoms with Crippen LogP contribution < -0.4 is 5.32 Å². The molecule has 1 N–H and O–H groups in total. The Bertz CT molecular complexity index is 1050. The van der Waals surface area contributed by atoms with E-state index < -0.39 is 21.7 Å². The number of alkyl carbamates (subject to hydrolysis) is 1. The molecule has 1 saturated heterocycles. The minimum atomic E-state index is -3.58. The van der Waals surface area contributed by atoms with Crippen molar-refractivity contribution < 1.29 is 17.9 Å². The molecule has 2 aromatic carbocycles. The molecule has 0 bridgehead atoms. The van der Waals surface area contributed by atoms with Crippen molar-refractivity contribution in [3.63, 3.8) is 0 Å². The van der Waals surface area contributed by atoms with Crippen LogP contribution in [-0.4, -0.2) is 44.1 Å². The smallest absolute Gasteiger partial charge is 0.407 e. The van der Waals surface area contributed by atoms with Crippen LogP contribution in [0.3, 0.4) is 0 Å². The molecule has 0 aliphatic carbocycles. The lowest BCUT2D eigenvalue weighted by atomic mass is 10.0. The number of carbonyl (C=O) groups is 1. The second-order valence-corrected chi connectivity index (χ2v) is 11.2. The van der Waals surface area contributed by atoms with Crippen molar-refractivity contribution >= 4 is 27.7 Å². The first-order valence-corrected chi connectivity index (χ1v) is 12.1. The van der Waals surface area contributed by atoms with E-state index in [1.54, 1.807) is 32.9 Å². The molecule has 0 spiro atoms. The summed E-state index contributed by atoms with van der Waals surface area (Å²) in [7, 11) is -3.58. The zero-order valence-electron chi connectivity index (χ0n) is 18.3. The maximum atomic E-state index is 13.0. The zero-order valence-corrected chi connectivity index (χ0v) is 19.9. The Labute approximate surface area is 189 Å². The van der Waals surface area contributed by atoms with E-state index >= 15 is 0 Å². The first kappa shape index (κ1) is 23.6. The average Bonchev–Trinajstić information content (AvgIpc) is 3.17. The van der Waals surface area contributed by atoms with Gasteiger partial charge in [0.1, 0.15) is 5.60 Å². The fourth-order valence-corrected chi connectivity index (χ4v) is 5.17. The van der Waals surface area contributed by atoms with Crippen molar-refractivity contribution in [2.45, 2.75) is 44.6 Å². The topological polar surface area (TPSA) is 75.7 Å². The molecule has 1 aliphatic rings. The van der Waals surface area contributed by atoms with Gasteiger partial charge in [0, 0.05) is 24.7 Å². The molecule has 2 aromatic rings. The summed E-state index contributed by atoms with van der Waals surface area (Å²) in [5.74, 6) is 0.0543. The second kappa shape index (κ2) is 9.18. The van der Waals surface area contributed by atoms with Gasteiger partial charge >= 0.3 is 6.09 Å². The molecule has 1 heterocycles. The van der Waals surface area contributed by atoms with E-state index in [9.17, 15) is 13.2 Å². The number of nitrogens with zero attached hydrogens (tertiary/aromatic N) is 1. The van der Waals surface area contributed by atoms with Gasteiger partial charge in [-0.25, -0.2) is 13.2 Å². The van der Waals surface area contributed by atoms with Crippen LogP contribution in [0, 0.1) is 12.8 Å². The van der Waals surface area contributed by atoms with E-state index in [0.717, 1.165) is 16.7 Å². The Balaban J connectivity index is 1.63. The summed E-state index contributed by atoms with van der Waals surface area (Å²) in [5, 5.41) is 3.44. The quantitative estimate of drug-likeness (QED) is 0.686. The summed E-state index contributed by atoms with van der Waals surface area (Å²) in [6.45, 7) is 8.53. The van der Waals surface area contributed by atoms with Crippen molar-refractivity contribution in [1.29, 1.82) is 0 Å². The maximum Gasteiger partial charge on any atom is 0.407 e. The van der Waals surface area contributed by atoms with E-state index in [1.807, 2.05) is 37.3 Å². The molecule has 1 fully saturated rings. The number of rotatable bonds is 5. The van der Waals surface area contributed by atoms with Crippen LogP contribution in [0.5, 0.6) is 0 Å². The number of benzene rings is 2. The van der Waals surface area contributed by atoms with E-state index in [1.165, 1.54) is 4.31 Å². The van der Waals surface area contributed by atoms with Crippen molar-refractivity contribution in [2.75, 3.05) is 19.6 Å². The normalized spacial score (nSPS) is 17.5. The third kappa shape index (κ3) is 5.99. The molecular weight excluding hydrogens is 436 g/mol. The summed E-state index contributed by atoms with van der Waals surface area (Å²) in [6, 6.07) is 12.6. The Morgan fingerprint density at radius 3 is 2.42 bits per heavy atom. The largest absolute Gasteiger partial charge is 0.444 e. The summed E-state index contributed by atoms with van der Waals surface area (Å²) in [6.07, 6.45) is 0.207. The maximum absolute atomic E-state index is 13.0. The van der Waals surface area contributed by atoms with Gasteiger partial charge < -0.3 is 10.1 Å². The van der Waals surface area contributed by atoms with Crippen LogP contribution in [0.1, 0.15) is 32.8 Å². The summed E-state index contributed by atoms with van der Waals surface area (Å²) in [4.78, 5) is 12.1. The van der Waals surface area contributed by atoms with E-state index in [-0.39, 0.29) is 10.8 Å². The van der Waals surface area contributed by atoms with Crippen molar-refractivity contribution in [1.82, 2.24) is 9.62 Å². The molecule has 168 valence electrons. The molecule has 0 aromatic heterocycles. The first-order chi connectivity index (χ1) is 14.5. The molecule has 3 rings (SSSR count). The number of nitrogens with one attached hydrogen (secondary N) is 1. The monoisotopic (exact) mass is 464 g/mol. The number of amides is 1. The van der Waals surface area contributed by atoms with Gasteiger partial charge in [-0.2, -0.15) is 4.31 Å². The third-order valence-electron chi connectivity index (χ3n) is 5.17. The highest BCUT2D eigenvalue weighted by atomic mass is 35.5. The highest BCUT2D eigenvalue weighted by molar-refractivity contribution is 7.89. The standard InChI is InChI=1S/C23H29ClN2O4S/c1-16-13-19(7-10-21(16)24)18-5-8-20(9-6-18)31(28,29)26-12-11-17(15-26)14-25-22(27)30-23(2,3)4/h5-10,13,17H,11-12,14-15H2,1-4H3,(H,25,27)/t17-/m1/s1.